The summed E-state index contributed by atoms with van der Waals surface area (Å²) in [5.41, 5.74) is 0.986. The molecular formula is C14H15ClFNS. The topological polar surface area (TPSA) is 12.0 Å². The third kappa shape index (κ3) is 3.55. The predicted octanol–water partition coefficient (Wildman–Crippen LogP) is 4.78. The van der Waals surface area contributed by atoms with Crippen molar-refractivity contribution in [1.29, 1.82) is 0 Å². The van der Waals surface area contributed by atoms with Crippen LogP contribution in [-0.2, 0) is 6.54 Å². The van der Waals surface area contributed by atoms with E-state index in [1.54, 1.807) is 23.5 Å². The van der Waals surface area contributed by atoms with Crippen LogP contribution in [0.5, 0.6) is 0 Å². The van der Waals surface area contributed by atoms with E-state index in [-0.39, 0.29) is 11.9 Å². The van der Waals surface area contributed by atoms with Crippen LogP contribution < -0.4 is 5.32 Å². The van der Waals surface area contributed by atoms with Crippen LogP contribution >= 0.6 is 22.9 Å². The molecule has 18 heavy (non-hydrogen) atoms. The third-order valence-corrected chi connectivity index (χ3v) is 4.04. The summed E-state index contributed by atoms with van der Waals surface area (Å²) in [7, 11) is 0. The second-order valence-corrected chi connectivity index (χ2v) is 5.90. The molecule has 1 heterocycles. The molecule has 1 atom stereocenters. The molecule has 1 aromatic carbocycles. The maximum atomic E-state index is 13.2. The minimum atomic E-state index is -0.188. The summed E-state index contributed by atoms with van der Waals surface area (Å²) < 4.78 is 14.0. The summed E-state index contributed by atoms with van der Waals surface area (Å²) in [5.74, 6) is -0.188. The van der Waals surface area contributed by atoms with Crippen molar-refractivity contribution in [2.75, 3.05) is 0 Å². The molecule has 96 valence electrons. The molecule has 1 aromatic heterocycles. The van der Waals surface area contributed by atoms with Gasteiger partial charge in [-0.15, -0.1) is 11.3 Å². The second kappa shape index (κ2) is 6.32. The highest BCUT2D eigenvalue weighted by atomic mass is 35.5. The normalized spacial score (nSPS) is 12.6. The molecule has 0 aliphatic heterocycles. The van der Waals surface area contributed by atoms with Gasteiger partial charge in [0.25, 0.3) is 0 Å². The zero-order valence-electron chi connectivity index (χ0n) is 10.1. The van der Waals surface area contributed by atoms with E-state index in [9.17, 15) is 4.39 Å². The van der Waals surface area contributed by atoms with Gasteiger partial charge in [0.15, 0.2) is 0 Å². The molecule has 0 amide bonds. The first-order chi connectivity index (χ1) is 8.69. The monoisotopic (exact) mass is 283 g/mol. The van der Waals surface area contributed by atoms with E-state index < -0.39 is 0 Å². The molecular weight excluding hydrogens is 269 g/mol. The predicted molar refractivity (Wildman–Crippen MR) is 75.6 cm³/mol. The molecule has 2 rings (SSSR count). The van der Waals surface area contributed by atoms with Crippen LogP contribution in [-0.4, -0.2) is 0 Å². The Morgan fingerprint density at radius 2 is 2.17 bits per heavy atom. The van der Waals surface area contributed by atoms with Crippen molar-refractivity contribution in [3.63, 3.8) is 0 Å². The average molecular weight is 284 g/mol. The minimum absolute atomic E-state index is 0.168. The largest absolute Gasteiger partial charge is 0.305 e. The number of nitrogens with one attached hydrogen (secondary N) is 1. The maximum Gasteiger partial charge on any atom is 0.123 e. The van der Waals surface area contributed by atoms with Crippen molar-refractivity contribution in [3.8, 4) is 0 Å². The minimum Gasteiger partial charge on any atom is -0.305 e. The zero-order chi connectivity index (χ0) is 13.0. The maximum absolute atomic E-state index is 13.2. The SMILES string of the molecule is CCC(NCc1ccc(Cl)s1)c1cccc(F)c1. The summed E-state index contributed by atoms with van der Waals surface area (Å²) in [5, 5.41) is 3.43. The van der Waals surface area contributed by atoms with Gasteiger partial charge in [-0.1, -0.05) is 30.7 Å². The van der Waals surface area contributed by atoms with Crippen LogP contribution in [0.25, 0.3) is 0 Å². The van der Waals surface area contributed by atoms with E-state index in [1.165, 1.54) is 10.9 Å². The lowest BCUT2D eigenvalue weighted by atomic mass is 10.0. The Kier molecular flexibility index (Phi) is 4.75. The van der Waals surface area contributed by atoms with Gasteiger partial charge in [-0.25, -0.2) is 4.39 Å². The van der Waals surface area contributed by atoms with Crippen molar-refractivity contribution in [1.82, 2.24) is 5.32 Å². The van der Waals surface area contributed by atoms with Crippen LogP contribution in [0.15, 0.2) is 36.4 Å². The van der Waals surface area contributed by atoms with Crippen molar-refractivity contribution >= 4 is 22.9 Å². The Bertz CT molecular complexity index is 512. The first kappa shape index (κ1) is 13.5. The Balaban J connectivity index is 2.01. The number of hydrogen-bond acceptors (Lipinski definition) is 2. The highest BCUT2D eigenvalue weighted by molar-refractivity contribution is 7.16. The number of halogens is 2. The fourth-order valence-electron chi connectivity index (χ4n) is 1.89. The van der Waals surface area contributed by atoms with E-state index in [0.717, 1.165) is 22.9 Å². The number of benzene rings is 1. The van der Waals surface area contributed by atoms with Crippen LogP contribution in [0, 0.1) is 5.82 Å². The zero-order valence-corrected chi connectivity index (χ0v) is 11.7. The Labute approximate surface area is 116 Å². The van der Waals surface area contributed by atoms with Gasteiger partial charge in [0.2, 0.25) is 0 Å². The van der Waals surface area contributed by atoms with E-state index in [1.807, 2.05) is 18.2 Å². The van der Waals surface area contributed by atoms with Crippen molar-refractivity contribution < 1.29 is 4.39 Å². The fourth-order valence-corrected chi connectivity index (χ4v) is 2.93. The lowest BCUT2D eigenvalue weighted by molar-refractivity contribution is 0.517. The average Bonchev–Trinajstić information content (AvgIpc) is 2.76. The van der Waals surface area contributed by atoms with E-state index in [2.05, 4.69) is 12.2 Å². The van der Waals surface area contributed by atoms with Gasteiger partial charge in [-0.3, -0.25) is 0 Å². The van der Waals surface area contributed by atoms with Crippen molar-refractivity contribution in [2.24, 2.45) is 0 Å². The van der Waals surface area contributed by atoms with Gasteiger partial charge in [-0.05, 0) is 36.2 Å². The van der Waals surface area contributed by atoms with Gasteiger partial charge >= 0.3 is 0 Å². The Morgan fingerprint density at radius 3 is 2.78 bits per heavy atom. The highest BCUT2D eigenvalue weighted by Gasteiger charge is 2.09. The van der Waals surface area contributed by atoms with Gasteiger partial charge in [0.1, 0.15) is 5.82 Å². The molecule has 0 aliphatic rings. The summed E-state index contributed by atoms with van der Waals surface area (Å²) in [6.45, 7) is 2.84. The standard InChI is InChI=1S/C14H15ClFNS/c1-2-13(10-4-3-5-11(16)8-10)17-9-12-6-7-14(15)18-12/h3-8,13,17H,2,9H2,1H3. The van der Waals surface area contributed by atoms with E-state index in [4.69, 9.17) is 11.6 Å². The molecule has 0 bridgehead atoms. The van der Waals surface area contributed by atoms with Crippen molar-refractivity contribution in [2.45, 2.75) is 25.9 Å². The third-order valence-electron chi connectivity index (χ3n) is 2.81. The summed E-state index contributed by atoms with van der Waals surface area (Å²) in [6.07, 6.45) is 0.919. The smallest absolute Gasteiger partial charge is 0.123 e. The molecule has 1 N–H and O–H groups in total. The first-order valence-corrected chi connectivity index (χ1v) is 7.11. The van der Waals surface area contributed by atoms with Crippen LogP contribution in [0.4, 0.5) is 4.39 Å². The highest BCUT2D eigenvalue weighted by Crippen LogP contribution is 2.23. The van der Waals surface area contributed by atoms with Gasteiger partial charge in [-0.2, -0.15) is 0 Å². The van der Waals surface area contributed by atoms with Crippen LogP contribution in [0.3, 0.4) is 0 Å². The van der Waals surface area contributed by atoms with Gasteiger partial charge in [0, 0.05) is 17.5 Å². The van der Waals surface area contributed by atoms with Crippen molar-refractivity contribution in [3.05, 3.63) is 57.0 Å². The van der Waals surface area contributed by atoms with Gasteiger partial charge < -0.3 is 5.32 Å². The number of thiophene rings is 1. The molecule has 0 fully saturated rings. The van der Waals surface area contributed by atoms with Gasteiger partial charge in [0.05, 0.1) is 4.34 Å². The lowest BCUT2D eigenvalue weighted by Gasteiger charge is -2.17. The van der Waals surface area contributed by atoms with Crippen LogP contribution in [0.2, 0.25) is 4.34 Å². The molecule has 0 saturated carbocycles. The first-order valence-electron chi connectivity index (χ1n) is 5.92. The number of rotatable bonds is 5. The lowest BCUT2D eigenvalue weighted by Crippen LogP contribution is -2.19. The molecule has 0 spiro atoms. The molecule has 2 aromatic rings. The Hall–Kier alpha value is -0.900. The number of hydrogen-bond donors (Lipinski definition) is 1. The summed E-state index contributed by atoms with van der Waals surface area (Å²) in [6, 6.07) is 10.8. The Morgan fingerprint density at radius 1 is 1.33 bits per heavy atom. The molecule has 0 saturated heterocycles. The fraction of sp³-hybridized carbons (Fsp3) is 0.286. The molecule has 1 unspecified atom stereocenters. The molecule has 0 aliphatic carbocycles. The summed E-state index contributed by atoms with van der Waals surface area (Å²) in [4.78, 5) is 1.19. The van der Waals surface area contributed by atoms with E-state index in [0.29, 0.717) is 0 Å². The molecule has 0 radical (unpaired) electrons. The van der Waals surface area contributed by atoms with E-state index >= 15 is 0 Å². The summed E-state index contributed by atoms with van der Waals surface area (Å²) >= 11 is 7.46. The quantitative estimate of drug-likeness (QED) is 0.832. The molecule has 1 nitrogen and oxygen atoms in total. The molecule has 4 heteroatoms. The van der Waals surface area contributed by atoms with Crippen LogP contribution in [0.1, 0.15) is 29.8 Å². The second-order valence-electron chi connectivity index (χ2n) is 4.10.